The summed E-state index contributed by atoms with van der Waals surface area (Å²) in [6.45, 7) is 11.5. The Balaban J connectivity index is 1.74. The number of carbonyl (C=O) groups is 1. The molecule has 2 atom stereocenters. The molecule has 0 aromatic carbocycles. The van der Waals surface area contributed by atoms with Gasteiger partial charge in [-0.05, 0) is 53.4 Å². The zero-order chi connectivity index (χ0) is 17.1. The van der Waals surface area contributed by atoms with Crippen molar-refractivity contribution in [1.82, 2.24) is 10.6 Å². The second-order valence-electron chi connectivity index (χ2n) is 8.07. The van der Waals surface area contributed by atoms with Crippen LogP contribution in [0.5, 0.6) is 0 Å². The van der Waals surface area contributed by atoms with Crippen LogP contribution in [-0.2, 0) is 14.2 Å². The Labute approximate surface area is 139 Å². The van der Waals surface area contributed by atoms with Crippen molar-refractivity contribution in [3.8, 4) is 0 Å². The third-order valence-electron chi connectivity index (χ3n) is 4.28. The highest BCUT2D eigenvalue weighted by Crippen LogP contribution is 2.27. The molecule has 0 aromatic heterocycles. The van der Waals surface area contributed by atoms with E-state index in [0.717, 1.165) is 12.8 Å². The summed E-state index contributed by atoms with van der Waals surface area (Å²) in [5, 5.41) is 6.53. The number of carbonyl (C=O) groups excluding carboxylic acids is 1. The van der Waals surface area contributed by atoms with E-state index in [9.17, 15) is 4.79 Å². The number of nitrogens with one attached hydrogen (secondary N) is 2. The monoisotopic (exact) mass is 328 g/mol. The highest BCUT2D eigenvalue weighted by atomic mass is 16.7. The summed E-state index contributed by atoms with van der Waals surface area (Å²) in [4.78, 5) is 11.8. The molecular formula is C17H32N2O4. The molecule has 2 rings (SSSR count). The number of hydrogen-bond donors (Lipinski definition) is 2. The minimum absolute atomic E-state index is 0.218. The Morgan fingerprint density at radius 1 is 1.22 bits per heavy atom. The SMILES string of the molecule is CC(C)(C)OC(=O)NCC1CCCC1NC1COC(C)(C)OC1. The fourth-order valence-corrected chi connectivity index (χ4v) is 3.12. The first-order valence-electron chi connectivity index (χ1n) is 8.65. The quantitative estimate of drug-likeness (QED) is 0.829. The van der Waals surface area contributed by atoms with Crippen LogP contribution in [-0.4, -0.2) is 49.3 Å². The fraction of sp³-hybridized carbons (Fsp3) is 0.941. The molecule has 134 valence electrons. The van der Waals surface area contributed by atoms with E-state index >= 15 is 0 Å². The molecule has 1 aliphatic carbocycles. The number of alkyl carbamates (subject to hydrolysis) is 1. The second kappa shape index (κ2) is 7.36. The molecule has 1 saturated carbocycles. The third kappa shape index (κ3) is 6.28. The summed E-state index contributed by atoms with van der Waals surface area (Å²) >= 11 is 0. The van der Waals surface area contributed by atoms with Gasteiger partial charge in [-0.25, -0.2) is 4.79 Å². The van der Waals surface area contributed by atoms with Crippen LogP contribution in [0.1, 0.15) is 53.9 Å². The number of rotatable bonds is 4. The zero-order valence-electron chi connectivity index (χ0n) is 15.1. The molecule has 0 spiro atoms. The van der Waals surface area contributed by atoms with Gasteiger partial charge in [0.1, 0.15) is 5.60 Å². The van der Waals surface area contributed by atoms with Crippen LogP contribution in [0.2, 0.25) is 0 Å². The van der Waals surface area contributed by atoms with Gasteiger partial charge >= 0.3 is 6.09 Å². The molecular weight excluding hydrogens is 296 g/mol. The standard InChI is InChI=1S/C17H32N2O4/c1-16(2,3)23-15(20)18-9-12-7-6-8-14(12)19-13-10-21-17(4,5)22-11-13/h12-14,19H,6-11H2,1-5H3,(H,18,20). The molecule has 1 heterocycles. The molecule has 6 heteroatoms. The summed E-state index contributed by atoms with van der Waals surface area (Å²) in [5.74, 6) is -0.0524. The fourth-order valence-electron chi connectivity index (χ4n) is 3.12. The van der Waals surface area contributed by atoms with E-state index < -0.39 is 11.4 Å². The highest BCUT2D eigenvalue weighted by Gasteiger charge is 2.33. The Morgan fingerprint density at radius 3 is 2.48 bits per heavy atom. The van der Waals surface area contributed by atoms with Crippen molar-refractivity contribution in [3.63, 3.8) is 0 Å². The minimum Gasteiger partial charge on any atom is -0.444 e. The van der Waals surface area contributed by atoms with Crippen LogP contribution in [0, 0.1) is 5.92 Å². The molecule has 0 radical (unpaired) electrons. The predicted octanol–water partition coefficient (Wildman–Crippen LogP) is 2.42. The predicted molar refractivity (Wildman–Crippen MR) is 88.3 cm³/mol. The molecule has 0 bridgehead atoms. The normalized spacial score (nSPS) is 28.6. The molecule has 2 unspecified atom stereocenters. The molecule has 2 fully saturated rings. The smallest absolute Gasteiger partial charge is 0.407 e. The maximum absolute atomic E-state index is 11.8. The van der Waals surface area contributed by atoms with E-state index in [1.165, 1.54) is 6.42 Å². The maximum Gasteiger partial charge on any atom is 0.407 e. The minimum atomic E-state index is -0.481. The summed E-state index contributed by atoms with van der Waals surface area (Å²) in [6, 6.07) is 0.610. The zero-order valence-corrected chi connectivity index (χ0v) is 15.1. The van der Waals surface area contributed by atoms with Crippen molar-refractivity contribution >= 4 is 6.09 Å². The summed E-state index contributed by atoms with van der Waals surface area (Å²) in [5.41, 5.74) is -0.457. The van der Waals surface area contributed by atoms with Gasteiger partial charge in [-0.3, -0.25) is 0 Å². The van der Waals surface area contributed by atoms with Crippen LogP contribution in [0.3, 0.4) is 0 Å². The van der Waals surface area contributed by atoms with Crippen LogP contribution in [0.4, 0.5) is 4.79 Å². The van der Waals surface area contributed by atoms with Gasteiger partial charge in [0, 0.05) is 12.6 Å². The third-order valence-corrected chi connectivity index (χ3v) is 4.28. The molecule has 1 saturated heterocycles. The van der Waals surface area contributed by atoms with E-state index in [2.05, 4.69) is 10.6 Å². The molecule has 1 aliphatic heterocycles. The van der Waals surface area contributed by atoms with Gasteiger partial charge in [0.05, 0.1) is 19.3 Å². The van der Waals surface area contributed by atoms with Crippen LogP contribution in [0.25, 0.3) is 0 Å². The van der Waals surface area contributed by atoms with Gasteiger partial charge in [0.25, 0.3) is 0 Å². The van der Waals surface area contributed by atoms with E-state index in [-0.39, 0.29) is 12.1 Å². The lowest BCUT2D eigenvalue weighted by molar-refractivity contribution is -0.253. The van der Waals surface area contributed by atoms with Gasteiger partial charge in [0.2, 0.25) is 0 Å². The van der Waals surface area contributed by atoms with Crippen LogP contribution in [0.15, 0.2) is 0 Å². The number of ether oxygens (including phenoxy) is 3. The van der Waals surface area contributed by atoms with Crippen molar-refractivity contribution in [2.45, 2.75) is 77.4 Å². The lowest BCUT2D eigenvalue weighted by atomic mass is 10.0. The largest absolute Gasteiger partial charge is 0.444 e. The topological polar surface area (TPSA) is 68.8 Å². The van der Waals surface area contributed by atoms with Crippen molar-refractivity contribution < 1.29 is 19.0 Å². The molecule has 23 heavy (non-hydrogen) atoms. The Kier molecular flexibility index (Phi) is 5.92. The van der Waals surface area contributed by atoms with Crippen LogP contribution >= 0.6 is 0 Å². The average molecular weight is 328 g/mol. The first-order valence-corrected chi connectivity index (χ1v) is 8.65. The van der Waals surface area contributed by atoms with E-state index in [0.29, 0.717) is 31.7 Å². The lowest BCUT2D eigenvalue weighted by Crippen LogP contribution is -2.53. The van der Waals surface area contributed by atoms with Gasteiger partial charge in [-0.2, -0.15) is 0 Å². The molecule has 1 amide bonds. The van der Waals surface area contributed by atoms with Crippen molar-refractivity contribution in [2.24, 2.45) is 5.92 Å². The molecule has 2 aliphatic rings. The first-order chi connectivity index (χ1) is 10.6. The Hall–Kier alpha value is -0.850. The summed E-state index contributed by atoms with van der Waals surface area (Å²) < 4.78 is 16.7. The average Bonchev–Trinajstić information content (AvgIpc) is 2.84. The van der Waals surface area contributed by atoms with Gasteiger partial charge in [-0.15, -0.1) is 0 Å². The van der Waals surface area contributed by atoms with Gasteiger partial charge in [-0.1, -0.05) is 6.42 Å². The van der Waals surface area contributed by atoms with E-state index in [4.69, 9.17) is 14.2 Å². The van der Waals surface area contributed by atoms with E-state index in [1.807, 2.05) is 34.6 Å². The van der Waals surface area contributed by atoms with Crippen molar-refractivity contribution in [1.29, 1.82) is 0 Å². The number of amides is 1. The molecule has 0 aromatic rings. The summed E-state index contributed by atoms with van der Waals surface area (Å²) in [6.07, 6.45) is 3.08. The lowest BCUT2D eigenvalue weighted by Gasteiger charge is -2.37. The second-order valence-corrected chi connectivity index (χ2v) is 8.07. The Morgan fingerprint density at radius 2 is 1.87 bits per heavy atom. The maximum atomic E-state index is 11.8. The first kappa shape index (κ1) is 18.5. The molecule has 2 N–H and O–H groups in total. The summed E-state index contributed by atoms with van der Waals surface area (Å²) in [7, 11) is 0. The van der Waals surface area contributed by atoms with E-state index in [1.54, 1.807) is 0 Å². The highest BCUT2D eigenvalue weighted by molar-refractivity contribution is 5.67. The van der Waals surface area contributed by atoms with Crippen molar-refractivity contribution in [2.75, 3.05) is 19.8 Å². The van der Waals surface area contributed by atoms with Crippen LogP contribution < -0.4 is 10.6 Å². The molecule has 6 nitrogen and oxygen atoms in total. The van der Waals surface area contributed by atoms with Crippen molar-refractivity contribution in [3.05, 3.63) is 0 Å². The Bertz CT molecular complexity index is 396. The van der Waals surface area contributed by atoms with Gasteiger partial charge < -0.3 is 24.8 Å². The number of hydrogen-bond acceptors (Lipinski definition) is 5. The van der Waals surface area contributed by atoms with Gasteiger partial charge in [0.15, 0.2) is 5.79 Å².